The molecule has 4 N–H and O–H groups in total. The first kappa shape index (κ1) is 44.2. The van der Waals surface area contributed by atoms with Crippen LogP contribution >= 0.6 is 12.4 Å². The Morgan fingerprint density at radius 3 is 1.26 bits per heavy atom. The lowest BCUT2D eigenvalue weighted by molar-refractivity contribution is 0.0684. The molecule has 0 saturated carbocycles. The Morgan fingerprint density at radius 2 is 0.934 bits per heavy atom. The van der Waals surface area contributed by atoms with Crippen molar-refractivity contribution in [2.45, 2.75) is 25.9 Å². The zero-order valence-corrected chi connectivity index (χ0v) is 33.1. The molecule has 2 unspecified atom stereocenters. The summed E-state index contributed by atoms with van der Waals surface area (Å²) in [5.41, 5.74) is -2.68. The highest BCUT2D eigenvalue weighted by Crippen LogP contribution is 2.30. The standard InChI is InChI=1S/2C21H18F3N3O3.ClH/c2*1-11-9-26(5-4-25-11)19-8-18-13(7-16(19)24)20(28)14(21(29)30)10-27(18)17-3-2-12(22)6-15(17)23;/h2*2-3,6-8,10-11,25H,4-5,9H2,1H3,(H,29,30);1H. The number of nitrogens with zero attached hydrogens (tertiary/aromatic N) is 4. The smallest absolute Gasteiger partial charge is 0.341 e. The number of piperazine rings is 2. The van der Waals surface area contributed by atoms with E-state index in [4.69, 9.17) is 0 Å². The van der Waals surface area contributed by atoms with E-state index in [0.717, 1.165) is 57.9 Å². The molecule has 4 aromatic carbocycles. The van der Waals surface area contributed by atoms with E-state index >= 15 is 0 Å². The molecule has 2 saturated heterocycles. The van der Waals surface area contributed by atoms with E-state index in [1.807, 2.05) is 13.8 Å². The van der Waals surface area contributed by atoms with Crippen LogP contribution in [0.3, 0.4) is 0 Å². The highest BCUT2D eigenvalue weighted by atomic mass is 35.5. The van der Waals surface area contributed by atoms with E-state index in [-0.39, 0.29) is 69.0 Å². The summed E-state index contributed by atoms with van der Waals surface area (Å²) in [4.78, 5) is 52.0. The number of carboxylic acids is 2. The monoisotopic (exact) mass is 870 g/mol. The zero-order valence-electron chi connectivity index (χ0n) is 32.3. The maximum Gasteiger partial charge on any atom is 0.341 e. The molecule has 8 rings (SSSR count). The van der Waals surface area contributed by atoms with Crippen LogP contribution in [-0.2, 0) is 0 Å². The highest BCUT2D eigenvalue weighted by molar-refractivity contribution is 5.95. The van der Waals surface area contributed by atoms with Gasteiger partial charge in [-0.15, -0.1) is 12.4 Å². The maximum atomic E-state index is 14.9. The number of hydrogen-bond donors (Lipinski definition) is 4. The molecule has 2 atom stereocenters. The first-order valence-electron chi connectivity index (χ1n) is 18.6. The van der Waals surface area contributed by atoms with Gasteiger partial charge in [0.05, 0.1) is 33.8 Å². The van der Waals surface area contributed by atoms with Crippen molar-refractivity contribution in [1.29, 1.82) is 0 Å². The van der Waals surface area contributed by atoms with Crippen molar-refractivity contribution < 1.29 is 46.1 Å². The Balaban J connectivity index is 0.000000201. The highest BCUT2D eigenvalue weighted by Gasteiger charge is 2.25. The number of aromatic carboxylic acids is 2. The Kier molecular flexibility index (Phi) is 12.8. The number of pyridine rings is 2. The van der Waals surface area contributed by atoms with Crippen molar-refractivity contribution >= 4 is 57.5 Å². The number of hydrogen-bond acceptors (Lipinski definition) is 8. The topological polar surface area (TPSA) is 149 Å². The molecule has 2 fully saturated rings. The van der Waals surface area contributed by atoms with Gasteiger partial charge in [-0.1, -0.05) is 0 Å². The first-order valence-corrected chi connectivity index (χ1v) is 18.6. The number of carboxylic acid groups (broad SMARTS) is 2. The second-order valence-electron chi connectivity index (χ2n) is 14.5. The van der Waals surface area contributed by atoms with Gasteiger partial charge in [0.1, 0.15) is 46.0 Å². The van der Waals surface area contributed by atoms with Gasteiger partial charge in [-0.2, -0.15) is 0 Å². The van der Waals surface area contributed by atoms with Crippen LogP contribution in [0.1, 0.15) is 34.6 Å². The third kappa shape index (κ3) is 8.78. The summed E-state index contributed by atoms with van der Waals surface area (Å²) in [6.07, 6.45) is 1.96. The van der Waals surface area contributed by atoms with Crippen molar-refractivity contribution in [1.82, 2.24) is 19.8 Å². The van der Waals surface area contributed by atoms with Gasteiger partial charge in [-0.25, -0.2) is 35.9 Å². The minimum atomic E-state index is -1.53. The summed E-state index contributed by atoms with van der Waals surface area (Å²) in [6, 6.07) is 10.6. The van der Waals surface area contributed by atoms with Crippen LogP contribution in [0, 0.1) is 34.9 Å². The Labute approximate surface area is 348 Å². The molecule has 61 heavy (non-hydrogen) atoms. The van der Waals surface area contributed by atoms with Gasteiger partial charge < -0.3 is 39.8 Å². The second kappa shape index (κ2) is 17.7. The van der Waals surface area contributed by atoms with Gasteiger partial charge >= 0.3 is 11.9 Å². The van der Waals surface area contributed by atoms with Crippen LogP contribution in [0.4, 0.5) is 37.7 Å². The number of halogens is 7. The first-order chi connectivity index (χ1) is 28.5. The van der Waals surface area contributed by atoms with Crippen molar-refractivity contribution in [3.8, 4) is 11.4 Å². The molecule has 0 amide bonds. The average molecular weight is 871 g/mol. The van der Waals surface area contributed by atoms with E-state index in [1.54, 1.807) is 9.80 Å². The van der Waals surface area contributed by atoms with Gasteiger partial charge in [0.25, 0.3) is 0 Å². The van der Waals surface area contributed by atoms with E-state index < -0.39 is 68.8 Å². The lowest BCUT2D eigenvalue weighted by atomic mass is 10.1. The minimum Gasteiger partial charge on any atom is -0.477 e. The second-order valence-corrected chi connectivity index (χ2v) is 14.5. The van der Waals surface area contributed by atoms with Crippen molar-refractivity contribution in [2.75, 3.05) is 49.1 Å². The van der Waals surface area contributed by atoms with Crippen molar-refractivity contribution in [3.05, 3.63) is 140 Å². The average Bonchev–Trinajstić information content (AvgIpc) is 3.19. The number of fused-ring (bicyclic) bond motifs is 2. The molecule has 2 aliphatic rings. The largest absolute Gasteiger partial charge is 0.477 e. The predicted octanol–water partition coefficient (Wildman–Crippen LogP) is 6.23. The fraction of sp³-hybridized carbons (Fsp3) is 0.238. The van der Waals surface area contributed by atoms with Crippen LogP contribution in [0.25, 0.3) is 33.2 Å². The number of nitrogens with one attached hydrogen (secondary N) is 2. The number of rotatable bonds is 6. The van der Waals surface area contributed by atoms with Gasteiger partial charge in [-0.05, 0) is 62.4 Å². The van der Waals surface area contributed by atoms with E-state index in [2.05, 4.69) is 10.6 Å². The molecule has 0 bridgehead atoms. The molecular formula is C42H37ClF6N6O6. The lowest BCUT2D eigenvalue weighted by Gasteiger charge is -2.34. The van der Waals surface area contributed by atoms with E-state index in [1.165, 1.54) is 12.1 Å². The van der Waals surface area contributed by atoms with Crippen molar-refractivity contribution in [2.24, 2.45) is 0 Å². The molecule has 320 valence electrons. The molecule has 2 aromatic heterocycles. The van der Waals surface area contributed by atoms with E-state index in [9.17, 15) is 55.7 Å². The van der Waals surface area contributed by atoms with Gasteiger partial charge in [0.2, 0.25) is 10.9 Å². The number of anilines is 2. The molecule has 6 aromatic rings. The SMILES string of the molecule is CC1CN(c2cc3c(cc2F)c(=O)c(C(=O)O)cn3-c2ccc(F)cc2F)CCN1.CC1CN(c2cc3c(cc2F)c(=O)c(C(=O)O)cn3-c2ccc(F)cc2F)CCN1.Cl. The molecule has 4 heterocycles. The minimum absolute atomic E-state index is 0. The summed E-state index contributed by atoms with van der Waals surface area (Å²) in [5, 5.41) is 24.9. The molecule has 0 radical (unpaired) electrons. The van der Waals surface area contributed by atoms with Crippen LogP contribution in [-0.4, -0.2) is 82.6 Å². The summed E-state index contributed by atoms with van der Waals surface area (Å²) in [7, 11) is 0. The van der Waals surface area contributed by atoms with Gasteiger partial charge in [0.15, 0.2) is 0 Å². The molecule has 19 heteroatoms. The molecule has 0 spiro atoms. The molecular weight excluding hydrogens is 834 g/mol. The Morgan fingerprint density at radius 1 is 0.574 bits per heavy atom. The van der Waals surface area contributed by atoms with Crippen molar-refractivity contribution in [3.63, 3.8) is 0 Å². The zero-order chi connectivity index (χ0) is 43.2. The molecule has 12 nitrogen and oxygen atoms in total. The molecule has 0 aliphatic carbocycles. The van der Waals surface area contributed by atoms with Crippen LogP contribution in [0.15, 0.2) is 82.6 Å². The third-order valence-corrected chi connectivity index (χ3v) is 10.4. The normalized spacial score (nSPS) is 16.5. The summed E-state index contributed by atoms with van der Waals surface area (Å²) >= 11 is 0. The lowest BCUT2D eigenvalue weighted by Crippen LogP contribution is -2.49. The predicted molar refractivity (Wildman–Crippen MR) is 219 cm³/mol. The van der Waals surface area contributed by atoms with Gasteiger partial charge in [-0.3, -0.25) is 9.59 Å². The third-order valence-electron chi connectivity index (χ3n) is 10.4. The van der Waals surface area contributed by atoms with Crippen LogP contribution in [0.5, 0.6) is 0 Å². The summed E-state index contributed by atoms with van der Waals surface area (Å²) in [6.45, 7) is 7.26. The maximum absolute atomic E-state index is 14.9. The number of aromatic nitrogens is 2. The Bertz CT molecular complexity index is 2650. The summed E-state index contributed by atoms with van der Waals surface area (Å²) in [5.74, 6) is -7.92. The van der Waals surface area contributed by atoms with Gasteiger partial charge in [0, 0.05) is 86.7 Å². The molecule has 2 aliphatic heterocycles. The fourth-order valence-corrected chi connectivity index (χ4v) is 7.51. The number of benzene rings is 4. The summed E-state index contributed by atoms with van der Waals surface area (Å²) < 4.78 is 87.9. The Hall–Kier alpha value is -6.37. The fourth-order valence-electron chi connectivity index (χ4n) is 7.51. The van der Waals surface area contributed by atoms with Crippen LogP contribution < -0.4 is 31.3 Å². The van der Waals surface area contributed by atoms with E-state index in [0.29, 0.717) is 51.4 Å². The quantitative estimate of drug-likeness (QED) is 0.142. The number of carbonyl (C=O) groups is 2. The van der Waals surface area contributed by atoms with Crippen LogP contribution in [0.2, 0.25) is 0 Å².